The van der Waals surface area contributed by atoms with Crippen molar-refractivity contribution < 1.29 is 9.53 Å². The minimum Gasteiger partial charge on any atom is -0.496 e. The highest BCUT2D eigenvalue weighted by molar-refractivity contribution is 6.35. The number of primary amides is 1. The van der Waals surface area contributed by atoms with Gasteiger partial charge in [-0.3, -0.25) is 4.79 Å². The van der Waals surface area contributed by atoms with E-state index in [4.69, 9.17) is 22.1 Å². The molecule has 0 fully saturated rings. The highest BCUT2D eigenvalue weighted by Crippen LogP contribution is 2.31. The molecule has 2 aromatic rings. The number of halogens is 1. The molecule has 15 heavy (non-hydrogen) atoms. The molecule has 0 saturated heterocycles. The Hall–Kier alpha value is -1.68. The molecule has 0 atom stereocenters. The summed E-state index contributed by atoms with van der Waals surface area (Å²) in [5.41, 5.74) is 6.14. The molecular formula is C10H9ClN2O2. The number of methoxy groups -OCH3 is 1. The van der Waals surface area contributed by atoms with Gasteiger partial charge in [0.25, 0.3) is 5.91 Å². The number of hydrogen-bond donors (Lipinski definition) is 2. The van der Waals surface area contributed by atoms with E-state index in [9.17, 15) is 4.79 Å². The van der Waals surface area contributed by atoms with Crippen molar-refractivity contribution >= 4 is 28.4 Å². The Morgan fingerprint density at radius 2 is 2.27 bits per heavy atom. The van der Waals surface area contributed by atoms with Crippen LogP contribution in [0.4, 0.5) is 0 Å². The Morgan fingerprint density at radius 3 is 2.87 bits per heavy atom. The smallest absolute Gasteiger partial charge is 0.265 e. The summed E-state index contributed by atoms with van der Waals surface area (Å²) in [6.07, 6.45) is 0. The van der Waals surface area contributed by atoms with E-state index < -0.39 is 5.91 Å². The molecule has 0 radical (unpaired) electrons. The Labute approximate surface area is 91.0 Å². The number of ether oxygens (including phenoxy) is 1. The number of amides is 1. The summed E-state index contributed by atoms with van der Waals surface area (Å²) in [6.45, 7) is 0. The summed E-state index contributed by atoms with van der Waals surface area (Å²) in [4.78, 5) is 13.8. The summed E-state index contributed by atoms with van der Waals surface area (Å²) in [5, 5.41) is 1.28. The zero-order valence-electron chi connectivity index (χ0n) is 8.00. The molecule has 4 nitrogen and oxygen atoms in total. The molecule has 0 bridgehead atoms. The van der Waals surface area contributed by atoms with Crippen LogP contribution in [-0.4, -0.2) is 18.0 Å². The lowest BCUT2D eigenvalue weighted by Gasteiger charge is -2.01. The molecule has 1 aromatic heterocycles. The summed E-state index contributed by atoms with van der Waals surface area (Å²) in [7, 11) is 1.56. The van der Waals surface area contributed by atoms with Crippen LogP contribution < -0.4 is 10.5 Å². The van der Waals surface area contributed by atoms with Gasteiger partial charge in [-0.05, 0) is 18.2 Å². The Bertz CT molecular complexity index is 533. The number of H-pyrrole nitrogens is 1. The SMILES string of the molecule is COc1ccc(Cl)c2[nH]c(C(N)=O)cc12. The zero-order chi connectivity index (χ0) is 11.0. The van der Waals surface area contributed by atoms with Crippen LogP contribution in [0.15, 0.2) is 18.2 Å². The Kier molecular flexibility index (Phi) is 2.28. The van der Waals surface area contributed by atoms with E-state index in [0.29, 0.717) is 22.0 Å². The quantitative estimate of drug-likeness (QED) is 0.819. The first-order chi connectivity index (χ1) is 7.13. The van der Waals surface area contributed by atoms with E-state index >= 15 is 0 Å². The Morgan fingerprint density at radius 1 is 1.53 bits per heavy atom. The molecule has 78 valence electrons. The molecule has 1 aromatic carbocycles. The van der Waals surface area contributed by atoms with Crippen molar-refractivity contribution in [1.29, 1.82) is 0 Å². The van der Waals surface area contributed by atoms with Gasteiger partial charge in [-0.25, -0.2) is 0 Å². The van der Waals surface area contributed by atoms with E-state index in [0.717, 1.165) is 5.39 Å². The number of rotatable bonds is 2. The molecule has 5 heteroatoms. The largest absolute Gasteiger partial charge is 0.496 e. The fraction of sp³-hybridized carbons (Fsp3) is 0.100. The minimum absolute atomic E-state index is 0.316. The summed E-state index contributed by atoms with van der Waals surface area (Å²) < 4.78 is 5.14. The van der Waals surface area contributed by atoms with Gasteiger partial charge in [0.2, 0.25) is 0 Å². The minimum atomic E-state index is -0.524. The molecule has 0 aliphatic heterocycles. The summed E-state index contributed by atoms with van der Waals surface area (Å²) >= 11 is 5.97. The average molecular weight is 225 g/mol. The lowest BCUT2D eigenvalue weighted by Crippen LogP contribution is -2.10. The molecule has 0 spiro atoms. The molecular weight excluding hydrogens is 216 g/mol. The van der Waals surface area contributed by atoms with Crippen molar-refractivity contribution in [3.63, 3.8) is 0 Å². The van der Waals surface area contributed by atoms with Gasteiger partial charge in [0.15, 0.2) is 0 Å². The number of aromatic nitrogens is 1. The van der Waals surface area contributed by atoms with Crippen molar-refractivity contribution in [2.75, 3.05) is 7.11 Å². The fourth-order valence-electron chi connectivity index (χ4n) is 1.47. The first kappa shape index (κ1) is 9.86. The monoisotopic (exact) mass is 224 g/mol. The Balaban J connectivity index is 2.77. The van der Waals surface area contributed by atoms with E-state index in [1.165, 1.54) is 0 Å². The van der Waals surface area contributed by atoms with Crippen LogP contribution in [0.3, 0.4) is 0 Å². The number of aromatic amines is 1. The molecule has 3 N–H and O–H groups in total. The molecule has 1 heterocycles. The van der Waals surface area contributed by atoms with Gasteiger partial charge in [-0.15, -0.1) is 0 Å². The first-order valence-electron chi connectivity index (χ1n) is 4.28. The van der Waals surface area contributed by atoms with Crippen molar-refractivity contribution in [1.82, 2.24) is 4.98 Å². The fourth-order valence-corrected chi connectivity index (χ4v) is 1.68. The van der Waals surface area contributed by atoms with Crippen LogP contribution in [0.5, 0.6) is 5.75 Å². The van der Waals surface area contributed by atoms with Crippen molar-refractivity contribution in [3.05, 3.63) is 28.9 Å². The second-order valence-corrected chi connectivity index (χ2v) is 3.49. The van der Waals surface area contributed by atoms with E-state index in [-0.39, 0.29) is 0 Å². The third kappa shape index (κ3) is 1.53. The van der Waals surface area contributed by atoms with E-state index in [1.807, 2.05) is 0 Å². The number of carbonyl (C=O) groups is 1. The molecule has 0 unspecified atom stereocenters. The topological polar surface area (TPSA) is 68.1 Å². The molecule has 1 amide bonds. The van der Waals surface area contributed by atoms with Gasteiger partial charge in [-0.2, -0.15) is 0 Å². The van der Waals surface area contributed by atoms with Crippen molar-refractivity contribution in [3.8, 4) is 5.75 Å². The number of benzene rings is 1. The van der Waals surface area contributed by atoms with Crippen LogP contribution in [0, 0.1) is 0 Å². The lowest BCUT2D eigenvalue weighted by atomic mass is 10.2. The number of carbonyl (C=O) groups excluding carboxylic acids is 1. The third-order valence-corrected chi connectivity index (χ3v) is 2.50. The standard InChI is InChI=1S/C10H9ClN2O2/c1-15-8-3-2-6(11)9-5(8)4-7(13-9)10(12)14/h2-4,13H,1H3,(H2,12,14). The van der Waals surface area contributed by atoms with E-state index in [2.05, 4.69) is 4.98 Å². The second-order valence-electron chi connectivity index (χ2n) is 3.09. The summed E-state index contributed by atoms with van der Waals surface area (Å²) in [5.74, 6) is 0.127. The lowest BCUT2D eigenvalue weighted by molar-refractivity contribution is 0.0996. The van der Waals surface area contributed by atoms with Crippen LogP contribution in [-0.2, 0) is 0 Å². The third-order valence-electron chi connectivity index (χ3n) is 2.19. The molecule has 0 aliphatic carbocycles. The van der Waals surface area contributed by atoms with Crippen LogP contribution in [0.1, 0.15) is 10.5 Å². The maximum absolute atomic E-state index is 11.0. The van der Waals surface area contributed by atoms with Gasteiger partial charge in [-0.1, -0.05) is 11.6 Å². The first-order valence-corrected chi connectivity index (χ1v) is 4.66. The molecule has 0 aliphatic rings. The van der Waals surface area contributed by atoms with Gasteiger partial charge in [0.1, 0.15) is 11.4 Å². The van der Waals surface area contributed by atoms with Crippen LogP contribution in [0.2, 0.25) is 5.02 Å². The highest BCUT2D eigenvalue weighted by atomic mass is 35.5. The number of nitrogens with two attached hydrogens (primary N) is 1. The maximum atomic E-state index is 11.0. The second kappa shape index (κ2) is 3.47. The van der Waals surface area contributed by atoms with Crippen molar-refractivity contribution in [2.45, 2.75) is 0 Å². The van der Waals surface area contributed by atoms with Gasteiger partial charge in [0, 0.05) is 5.39 Å². The van der Waals surface area contributed by atoms with Crippen LogP contribution >= 0.6 is 11.6 Å². The predicted molar refractivity (Wildman–Crippen MR) is 58.4 cm³/mol. The van der Waals surface area contributed by atoms with Gasteiger partial charge >= 0.3 is 0 Å². The maximum Gasteiger partial charge on any atom is 0.265 e. The normalized spacial score (nSPS) is 10.5. The van der Waals surface area contributed by atoms with Crippen molar-refractivity contribution in [2.24, 2.45) is 5.73 Å². The number of nitrogens with one attached hydrogen (secondary N) is 1. The molecule has 2 rings (SSSR count). The zero-order valence-corrected chi connectivity index (χ0v) is 8.76. The highest BCUT2D eigenvalue weighted by Gasteiger charge is 2.11. The van der Waals surface area contributed by atoms with Crippen LogP contribution in [0.25, 0.3) is 10.9 Å². The molecule has 0 saturated carbocycles. The number of hydrogen-bond acceptors (Lipinski definition) is 2. The predicted octanol–water partition coefficient (Wildman–Crippen LogP) is 1.93. The number of fused-ring (bicyclic) bond motifs is 1. The summed E-state index contributed by atoms with van der Waals surface area (Å²) in [6, 6.07) is 5.07. The van der Waals surface area contributed by atoms with Gasteiger partial charge < -0.3 is 15.5 Å². The van der Waals surface area contributed by atoms with E-state index in [1.54, 1.807) is 25.3 Å². The van der Waals surface area contributed by atoms with Gasteiger partial charge in [0.05, 0.1) is 17.6 Å². The average Bonchev–Trinajstić information content (AvgIpc) is 2.64.